The van der Waals surface area contributed by atoms with Crippen LogP contribution in [0.25, 0.3) is 0 Å². The summed E-state index contributed by atoms with van der Waals surface area (Å²) in [4.78, 5) is 0. The molecular formula is C18H22FNO2. The molecule has 1 N–H and O–H groups in total. The van der Waals surface area contributed by atoms with Gasteiger partial charge < -0.3 is 14.8 Å². The predicted molar refractivity (Wildman–Crippen MR) is 86.0 cm³/mol. The van der Waals surface area contributed by atoms with Gasteiger partial charge in [-0.2, -0.15) is 0 Å². The van der Waals surface area contributed by atoms with Crippen LogP contribution in [0.3, 0.4) is 0 Å². The van der Waals surface area contributed by atoms with Gasteiger partial charge in [-0.25, -0.2) is 4.39 Å². The fourth-order valence-corrected chi connectivity index (χ4v) is 2.36. The number of ether oxygens (including phenoxy) is 2. The number of methoxy groups -OCH3 is 2. The topological polar surface area (TPSA) is 30.5 Å². The Kier molecular flexibility index (Phi) is 5.78. The van der Waals surface area contributed by atoms with Crippen LogP contribution in [-0.4, -0.2) is 20.3 Å². The van der Waals surface area contributed by atoms with Crippen LogP contribution in [0.15, 0.2) is 42.5 Å². The van der Waals surface area contributed by atoms with Crippen molar-refractivity contribution in [3.05, 3.63) is 59.4 Å². The maximum Gasteiger partial charge on any atom is 0.160 e. The SMILES string of the molecule is COc1ccc(CC(C)NCc2ccccc2F)cc1OC. The Hall–Kier alpha value is -2.07. The summed E-state index contributed by atoms with van der Waals surface area (Å²) in [5, 5.41) is 3.34. The maximum absolute atomic E-state index is 13.6. The molecule has 0 bridgehead atoms. The molecule has 0 aliphatic carbocycles. The molecule has 0 fully saturated rings. The highest BCUT2D eigenvalue weighted by molar-refractivity contribution is 5.43. The minimum Gasteiger partial charge on any atom is -0.493 e. The first-order valence-corrected chi connectivity index (χ1v) is 7.31. The molecule has 2 rings (SSSR count). The Bertz CT molecular complexity index is 616. The number of halogens is 1. The van der Waals surface area contributed by atoms with Crippen molar-refractivity contribution < 1.29 is 13.9 Å². The summed E-state index contributed by atoms with van der Waals surface area (Å²) in [7, 11) is 3.25. The lowest BCUT2D eigenvalue weighted by molar-refractivity contribution is 0.354. The van der Waals surface area contributed by atoms with E-state index >= 15 is 0 Å². The minimum absolute atomic E-state index is 0.173. The monoisotopic (exact) mass is 303 g/mol. The Labute approximate surface area is 131 Å². The molecular weight excluding hydrogens is 281 g/mol. The number of benzene rings is 2. The van der Waals surface area contributed by atoms with E-state index < -0.39 is 0 Å². The molecule has 0 aromatic heterocycles. The highest BCUT2D eigenvalue weighted by atomic mass is 19.1. The molecule has 0 saturated heterocycles. The molecule has 0 heterocycles. The van der Waals surface area contributed by atoms with Crippen LogP contribution in [0.4, 0.5) is 4.39 Å². The standard InChI is InChI=1S/C18H22FNO2/c1-13(20-12-15-6-4-5-7-16(15)19)10-14-8-9-17(21-2)18(11-14)22-3/h4-9,11,13,20H,10,12H2,1-3H3. The van der Waals surface area contributed by atoms with Crippen molar-refractivity contribution in [2.75, 3.05) is 14.2 Å². The van der Waals surface area contributed by atoms with Crippen LogP contribution in [0, 0.1) is 5.82 Å². The molecule has 0 radical (unpaired) electrons. The van der Waals surface area contributed by atoms with Gasteiger partial charge in [0.05, 0.1) is 14.2 Å². The molecule has 2 aromatic carbocycles. The second-order valence-electron chi connectivity index (χ2n) is 5.27. The van der Waals surface area contributed by atoms with Gasteiger partial charge in [0.1, 0.15) is 5.82 Å². The first kappa shape index (κ1) is 16.3. The second kappa shape index (κ2) is 7.80. The van der Waals surface area contributed by atoms with E-state index in [2.05, 4.69) is 12.2 Å². The molecule has 4 heteroatoms. The molecule has 2 aromatic rings. The third-order valence-corrected chi connectivity index (χ3v) is 3.59. The molecule has 22 heavy (non-hydrogen) atoms. The quantitative estimate of drug-likeness (QED) is 0.848. The molecule has 0 amide bonds. The van der Waals surface area contributed by atoms with Gasteiger partial charge in [0.25, 0.3) is 0 Å². The van der Waals surface area contributed by atoms with Crippen molar-refractivity contribution in [1.29, 1.82) is 0 Å². The van der Waals surface area contributed by atoms with Gasteiger partial charge in [-0.3, -0.25) is 0 Å². The molecule has 1 atom stereocenters. The van der Waals surface area contributed by atoms with Crippen LogP contribution in [0.1, 0.15) is 18.1 Å². The highest BCUT2D eigenvalue weighted by Crippen LogP contribution is 2.27. The van der Waals surface area contributed by atoms with Crippen molar-refractivity contribution in [3.8, 4) is 11.5 Å². The summed E-state index contributed by atoms with van der Waals surface area (Å²) in [5.41, 5.74) is 1.83. The van der Waals surface area contributed by atoms with Gasteiger partial charge in [-0.1, -0.05) is 24.3 Å². The van der Waals surface area contributed by atoms with Crippen LogP contribution in [-0.2, 0) is 13.0 Å². The van der Waals surface area contributed by atoms with E-state index in [1.54, 1.807) is 26.4 Å². The average Bonchev–Trinajstić information content (AvgIpc) is 2.54. The summed E-state index contributed by atoms with van der Waals surface area (Å²) in [6.45, 7) is 2.60. The molecule has 118 valence electrons. The second-order valence-corrected chi connectivity index (χ2v) is 5.27. The van der Waals surface area contributed by atoms with E-state index in [0.717, 1.165) is 23.5 Å². The summed E-state index contributed by atoms with van der Waals surface area (Å²) in [6, 6.07) is 12.9. The van der Waals surface area contributed by atoms with Crippen molar-refractivity contribution in [3.63, 3.8) is 0 Å². The van der Waals surface area contributed by atoms with Crippen LogP contribution < -0.4 is 14.8 Å². The third kappa shape index (κ3) is 4.21. The highest BCUT2D eigenvalue weighted by Gasteiger charge is 2.09. The van der Waals surface area contributed by atoms with Gasteiger partial charge in [-0.05, 0) is 37.1 Å². The molecule has 0 spiro atoms. The van der Waals surface area contributed by atoms with Gasteiger partial charge in [-0.15, -0.1) is 0 Å². The Balaban J connectivity index is 1.94. The number of nitrogens with one attached hydrogen (secondary N) is 1. The van der Waals surface area contributed by atoms with Crippen LogP contribution >= 0.6 is 0 Å². The first-order valence-electron chi connectivity index (χ1n) is 7.31. The van der Waals surface area contributed by atoms with E-state index in [1.807, 2.05) is 24.3 Å². The fourth-order valence-electron chi connectivity index (χ4n) is 2.36. The van der Waals surface area contributed by atoms with Crippen LogP contribution in [0.2, 0.25) is 0 Å². The minimum atomic E-state index is -0.173. The number of hydrogen-bond donors (Lipinski definition) is 1. The molecule has 0 saturated carbocycles. The number of rotatable bonds is 7. The van der Waals surface area contributed by atoms with Crippen molar-refractivity contribution in [2.24, 2.45) is 0 Å². The van der Waals surface area contributed by atoms with Gasteiger partial charge in [0.15, 0.2) is 11.5 Å². The Morgan fingerprint density at radius 3 is 2.45 bits per heavy atom. The van der Waals surface area contributed by atoms with Gasteiger partial charge >= 0.3 is 0 Å². The zero-order valence-corrected chi connectivity index (χ0v) is 13.2. The molecule has 3 nitrogen and oxygen atoms in total. The van der Waals surface area contributed by atoms with E-state index in [4.69, 9.17) is 9.47 Å². The van der Waals surface area contributed by atoms with Crippen molar-refractivity contribution >= 4 is 0 Å². The predicted octanol–water partition coefficient (Wildman–Crippen LogP) is 3.56. The molecule has 0 aliphatic heterocycles. The zero-order chi connectivity index (χ0) is 15.9. The van der Waals surface area contributed by atoms with E-state index in [-0.39, 0.29) is 11.9 Å². The Morgan fingerprint density at radius 1 is 1.05 bits per heavy atom. The van der Waals surface area contributed by atoms with Crippen molar-refractivity contribution in [2.45, 2.75) is 25.9 Å². The average molecular weight is 303 g/mol. The first-order chi connectivity index (χ1) is 10.6. The van der Waals surface area contributed by atoms with Gasteiger partial charge in [0, 0.05) is 18.2 Å². The molecule has 1 unspecified atom stereocenters. The largest absolute Gasteiger partial charge is 0.493 e. The van der Waals surface area contributed by atoms with Crippen LogP contribution in [0.5, 0.6) is 11.5 Å². The maximum atomic E-state index is 13.6. The van der Waals surface area contributed by atoms with Gasteiger partial charge in [0.2, 0.25) is 0 Å². The summed E-state index contributed by atoms with van der Waals surface area (Å²) >= 11 is 0. The molecule has 0 aliphatic rings. The lowest BCUT2D eigenvalue weighted by atomic mass is 10.1. The fraction of sp³-hybridized carbons (Fsp3) is 0.333. The van der Waals surface area contributed by atoms with E-state index in [9.17, 15) is 4.39 Å². The summed E-state index contributed by atoms with van der Waals surface area (Å²) in [5.74, 6) is 1.27. The zero-order valence-electron chi connectivity index (χ0n) is 13.2. The van der Waals surface area contributed by atoms with Crippen molar-refractivity contribution in [1.82, 2.24) is 5.32 Å². The Morgan fingerprint density at radius 2 is 1.77 bits per heavy atom. The van der Waals surface area contributed by atoms with E-state index in [0.29, 0.717) is 12.1 Å². The summed E-state index contributed by atoms with van der Waals surface area (Å²) < 4.78 is 24.1. The number of hydrogen-bond acceptors (Lipinski definition) is 3. The lowest BCUT2D eigenvalue weighted by Crippen LogP contribution is -2.27. The lowest BCUT2D eigenvalue weighted by Gasteiger charge is -2.15. The normalized spacial score (nSPS) is 12.0. The summed E-state index contributed by atoms with van der Waals surface area (Å²) in [6.07, 6.45) is 0.828. The smallest absolute Gasteiger partial charge is 0.160 e. The van der Waals surface area contributed by atoms with E-state index in [1.165, 1.54) is 6.07 Å². The third-order valence-electron chi connectivity index (χ3n) is 3.59.